The number of aromatic nitrogens is 1. The molecule has 0 saturated heterocycles. The number of phenols is 1. The first-order valence-corrected chi connectivity index (χ1v) is 9.55. The van der Waals surface area contributed by atoms with Gasteiger partial charge in [0.2, 0.25) is 5.91 Å². The van der Waals surface area contributed by atoms with E-state index in [1.54, 1.807) is 6.92 Å². The molecule has 31 heavy (non-hydrogen) atoms. The third-order valence-corrected chi connectivity index (χ3v) is 4.98. The van der Waals surface area contributed by atoms with E-state index >= 15 is 0 Å². The molecule has 2 N–H and O–H groups in total. The lowest BCUT2D eigenvalue weighted by Gasteiger charge is -2.10. The highest BCUT2D eigenvalue weighted by molar-refractivity contribution is 6.05. The van der Waals surface area contributed by atoms with Crippen LogP contribution >= 0.6 is 0 Å². The topological polar surface area (TPSA) is 71.3 Å². The maximum Gasteiger partial charge on any atom is 0.416 e. The third kappa shape index (κ3) is 4.40. The zero-order chi connectivity index (χ0) is 22.9. The van der Waals surface area contributed by atoms with Crippen LogP contribution in [0.2, 0.25) is 0 Å². The number of amides is 1. The summed E-state index contributed by atoms with van der Waals surface area (Å²) in [6.45, 7) is 3.90. The van der Waals surface area contributed by atoms with Crippen LogP contribution in [0.4, 0.5) is 17.6 Å². The zero-order valence-corrected chi connectivity index (χ0v) is 16.8. The summed E-state index contributed by atoms with van der Waals surface area (Å²) in [7, 11) is 0. The highest BCUT2D eigenvalue weighted by Crippen LogP contribution is 2.33. The molecule has 2 aromatic carbocycles. The number of aromatic hydroxyl groups is 1. The number of alkyl halides is 3. The molecule has 0 saturated carbocycles. The van der Waals surface area contributed by atoms with E-state index in [-0.39, 0.29) is 23.4 Å². The number of phenolic OH excluding ortho intramolecular Hbond substituents is 1. The van der Waals surface area contributed by atoms with Crippen LogP contribution < -0.4 is 5.32 Å². The van der Waals surface area contributed by atoms with Gasteiger partial charge in [-0.3, -0.25) is 14.2 Å². The number of halogens is 4. The monoisotopic (exact) mass is 436 g/mol. The van der Waals surface area contributed by atoms with Crippen LogP contribution in [-0.4, -0.2) is 28.0 Å². The van der Waals surface area contributed by atoms with E-state index in [1.165, 1.54) is 0 Å². The normalized spacial score (nSPS) is 11.7. The van der Waals surface area contributed by atoms with Gasteiger partial charge in [0.05, 0.1) is 17.5 Å². The smallest absolute Gasteiger partial charge is 0.416 e. The van der Waals surface area contributed by atoms with E-state index in [0.717, 1.165) is 47.4 Å². The predicted molar refractivity (Wildman–Crippen MR) is 106 cm³/mol. The van der Waals surface area contributed by atoms with Gasteiger partial charge in [-0.2, -0.15) is 13.2 Å². The molecular weight excluding hydrogens is 416 g/mol. The molecule has 1 aromatic heterocycles. The van der Waals surface area contributed by atoms with Gasteiger partial charge < -0.3 is 10.4 Å². The first-order chi connectivity index (χ1) is 14.5. The molecule has 3 rings (SSSR count). The van der Waals surface area contributed by atoms with Crippen molar-refractivity contribution in [3.05, 3.63) is 64.6 Å². The minimum atomic E-state index is -4.54. The van der Waals surface area contributed by atoms with Crippen LogP contribution in [0, 0.1) is 12.7 Å². The maximum absolute atomic E-state index is 14.1. The van der Waals surface area contributed by atoms with Gasteiger partial charge in [-0.05, 0) is 49.2 Å². The third-order valence-electron chi connectivity index (χ3n) is 4.98. The van der Waals surface area contributed by atoms with Gasteiger partial charge in [-0.25, -0.2) is 4.39 Å². The molecule has 0 atom stereocenters. The summed E-state index contributed by atoms with van der Waals surface area (Å²) in [6, 6.07) is 5.77. The van der Waals surface area contributed by atoms with Gasteiger partial charge in [0.1, 0.15) is 0 Å². The van der Waals surface area contributed by atoms with Crippen LogP contribution in [-0.2, 0) is 17.4 Å². The van der Waals surface area contributed by atoms with Crippen molar-refractivity contribution in [1.29, 1.82) is 0 Å². The standard InChI is InChI=1S/C22H20F4N2O3/c1-3-8-27-20(30)10-15-12(2)28(18-11-17(23)19(29)9-16(15)18)21(31)13-4-6-14(7-5-13)22(24,25)26/h4-7,9,11,29H,3,8,10H2,1-2H3,(H,27,30). The first-order valence-electron chi connectivity index (χ1n) is 9.55. The summed E-state index contributed by atoms with van der Waals surface area (Å²) in [6.07, 6.45) is -3.93. The lowest BCUT2D eigenvalue weighted by Crippen LogP contribution is -2.26. The molecule has 0 spiro atoms. The largest absolute Gasteiger partial charge is 0.505 e. The summed E-state index contributed by atoms with van der Waals surface area (Å²) in [5, 5.41) is 12.8. The summed E-state index contributed by atoms with van der Waals surface area (Å²) in [4.78, 5) is 25.4. The number of hydrogen-bond donors (Lipinski definition) is 2. The SMILES string of the molecule is CCCNC(=O)Cc1c(C)n(C(=O)c2ccc(C(F)(F)F)cc2)c2cc(F)c(O)cc12. The lowest BCUT2D eigenvalue weighted by atomic mass is 10.1. The highest BCUT2D eigenvalue weighted by atomic mass is 19.4. The van der Waals surface area contributed by atoms with Crippen LogP contribution in [0.25, 0.3) is 10.9 Å². The molecule has 0 bridgehead atoms. The number of benzene rings is 2. The van der Waals surface area contributed by atoms with E-state index in [0.29, 0.717) is 23.2 Å². The van der Waals surface area contributed by atoms with Crippen molar-refractivity contribution in [2.45, 2.75) is 32.9 Å². The molecule has 5 nitrogen and oxygen atoms in total. The molecule has 0 radical (unpaired) electrons. The Bertz CT molecular complexity index is 1150. The molecule has 9 heteroatoms. The predicted octanol–water partition coefficient (Wildman–Crippen LogP) is 4.57. The molecule has 164 valence electrons. The Morgan fingerprint density at radius 2 is 1.77 bits per heavy atom. The Hall–Kier alpha value is -3.36. The molecule has 0 aliphatic carbocycles. The molecule has 0 aliphatic rings. The van der Waals surface area contributed by atoms with Gasteiger partial charge in [0.25, 0.3) is 5.91 Å². The summed E-state index contributed by atoms with van der Waals surface area (Å²) >= 11 is 0. The molecule has 0 unspecified atom stereocenters. The van der Waals surface area contributed by atoms with Crippen molar-refractivity contribution in [1.82, 2.24) is 9.88 Å². The Balaban J connectivity index is 2.11. The van der Waals surface area contributed by atoms with Gasteiger partial charge >= 0.3 is 6.18 Å². The molecule has 3 aromatic rings. The summed E-state index contributed by atoms with van der Waals surface area (Å²) in [5.74, 6) is -2.59. The fourth-order valence-electron chi connectivity index (χ4n) is 3.39. The second-order valence-corrected chi connectivity index (χ2v) is 7.13. The number of carbonyl (C=O) groups excluding carboxylic acids is 2. The van der Waals surface area contributed by atoms with Gasteiger partial charge in [0, 0.05) is 29.3 Å². The van der Waals surface area contributed by atoms with Crippen LogP contribution in [0.15, 0.2) is 36.4 Å². The Morgan fingerprint density at radius 1 is 1.13 bits per heavy atom. The Kier molecular flexibility index (Phi) is 6.06. The van der Waals surface area contributed by atoms with Crippen molar-refractivity contribution in [2.24, 2.45) is 0 Å². The van der Waals surface area contributed by atoms with E-state index < -0.39 is 29.2 Å². The lowest BCUT2D eigenvalue weighted by molar-refractivity contribution is -0.137. The van der Waals surface area contributed by atoms with E-state index in [1.807, 2.05) is 6.92 Å². The van der Waals surface area contributed by atoms with Gasteiger partial charge in [-0.15, -0.1) is 0 Å². The Labute approximate surface area is 175 Å². The first kappa shape index (κ1) is 22.3. The van der Waals surface area contributed by atoms with Crippen molar-refractivity contribution in [3.8, 4) is 5.75 Å². The molecule has 0 fully saturated rings. The fraction of sp³-hybridized carbons (Fsp3) is 0.273. The molecule has 0 aliphatic heterocycles. The average molecular weight is 436 g/mol. The molecule has 1 amide bonds. The second kappa shape index (κ2) is 8.41. The van der Waals surface area contributed by atoms with E-state index in [2.05, 4.69) is 5.32 Å². The summed E-state index contributed by atoms with van der Waals surface area (Å²) in [5.41, 5.74) is -0.0856. The number of nitrogens with one attached hydrogen (secondary N) is 1. The minimum Gasteiger partial charge on any atom is -0.505 e. The fourth-order valence-corrected chi connectivity index (χ4v) is 3.39. The maximum atomic E-state index is 14.1. The average Bonchev–Trinajstić information content (AvgIpc) is 2.96. The number of rotatable bonds is 5. The number of fused-ring (bicyclic) bond motifs is 1. The Morgan fingerprint density at radius 3 is 2.35 bits per heavy atom. The molecule has 1 heterocycles. The summed E-state index contributed by atoms with van der Waals surface area (Å²) < 4.78 is 53.7. The van der Waals surface area contributed by atoms with Crippen molar-refractivity contribution < 1.29 is 32.3 Å². The zero-order valence-electron chi connectivity index (χ0n) is 16.8. The van der Waals surface area contributed by atoms with Crippen molar-refractivity contribution in [2.75, 3.05) is 6.54 Å². The molecular formula is C22H20F4N2O3. The van der Waals surface area contributed by atoms with Crippen LogP contribution in [0.3, 0.4) is 0 Å². The van der Waals surface area contributed by atoms with Crippen LogP contribution in [0.5, 0.6) is 5.75 Å². The second-order valence-electron chi connectivity index (χ2n) is 7.13. The van der Waals surface area contributed by atoms with E-state index in [4.69, 9.17) is 0 Å². The quantitative estimate of drug-likeness (QED) is 0.576. The van der Waals surface area contributed by atoms with Crippen molar-refractivity contribution in [3.63, 3.8) is 0 Å². The number of hydrogen-bond acceptors (Lipinski definition) is 3. The highest BCUT2D eigenvalue weighted by Gasteiger charge is 2.30. The van der Waals surface area contributed by atoms with Gasteiger partial charge in [0.15, 0.2) is 11.6 Å². The number of nitrogens with zero attached hydrogens (tertiary/aromatic N) is 1. The minimum absolute atomic E-state index is 0.0385. The van der Waals surface area contributed by atoms with Crippen molar-refractivity contribution >= 4 is 22.7 Å². The number of carbonyl (C=O) groups is 2. The van der Waals surface area contributed by atoms with E-state index in [9.17, 15) is 32.3 Å². The van der Waals surface area contributed by atoms with Crippen LogP contribution in [0.1, 0.15) is 40.5 Å². The van der Waals surface area contributed by atoms with Gasteiger partial charge in [-0.1, -0.05) is 6.92 Å².